The number of halogens is 1. The molecule has 0 amide bonds. The highest BCUT2D eigenvalue weighted by atomic mass is 19.1. The summed E-state index contributed by atoms with van der Waals surface area (Å²) in [4.78, 5) is 6.90. The van der Waals surface area contributed by atoms with Gasteiger partial charge in [-0.25, -0.2) is 9.97 Å². The Morgan fingerprint density at radius 3 is 3.08 bits per heavy atom. The molecule has 0 aliphatic rings. The molecule has 0 fully saturated rings. The molecule has 0 bridgehead atoms. The van der Waals surface area contributed by atoms with E-state index in [1.807, 2.05) is 0 Å². The predicted molar refractivity (Wildman–Crippen MR) is 45.7 cm³/mol. The van der Waals surface area contributed by atoms with Gasteiger partial charge in [0.1, 0.15) is 11.5 Å². The molecule has 4 nitrogen and oxygen atoms in total. The largest absolute Gasteiger partial charge is 0.384 e. The Morgan fingerprint density at radius 2 is 2.38 bits per heavy atom. The molecular formula is C8H7FN4. The first-order chi connectivity index (χ1) is 7.50. The Bertz CT molecular complexity index is 554. The van der Waals surface area contributed by atoms with E-state index in [0.29, 0.717) is 0 Å². The third-order valence-electron chi connectivity index (χ3n) is 1.43. The van der Waals surface area contributed by atoms with E-state index >= 15 is 0 Å². The van der Waals surface area contributed by atoms with E-state index in [-0.39, 0.29) is 29.8 Å². The van der Waals surface area contributed by atoms with E-state index < -0.39 is 5.95 Å². The summed E-state index contributed by atoms with van der Waals surface area (Å²) in [7, 11) is 0. The lowest BCUT2D eigenvalue weighted by Gasteiger charge is -2.02. The van der Waals surface area contributed by atoms with Gasteiger partial charge in [-0.15, -0.1) is 0 Å². The van der Waals surface area contributed by atoms with Crippen molar-refractivity contribution in [2.75, 3.05) is 5.73 Å². The van der Waals surface area contributed by atoms with Crippen LogP contribution >= 0.6 is 0 Å². The van der Waals surface area contributed by atoms with Crippen LogP contribution in [0.5, 0.6) is 0 Å². The summed E-state index contributed by atoms with van der Waals surface area (Å²) in [5.41, 5.74) is 5.02. The minimum absolute atomic E-state index is 0.0674. The van der Waals surface area contributed by atoms with Crippen molar-refractivity contribution in [1.82, 2.24) is 14.5 Å². The van der Waals surface area contributed by atoms with Crippen LogP contribution in [0, 0.1) is 5.95 Å². The standard InChI is InChI=1S/C8H7FN4/c9-8-6(1-2-7(10)12-8)13-4-3-11-5-13/h1-5H,(H2,10,12)/i1D,2D,3D. The van der Waals surface area contributed by atoms with Crippen LogP contribution in [0.15, 0.2) is 30.8 Å². The fourth-order valence-electron chi connectivity index (χ4n) is 0.879. The van der Waals surface area contributed by atoms with Gasteiger partial charge in [0.05, 0.1) is 10.4 Å². The van der Waals surface area contributed by atoms with Gasteiger partial charge in [-0.3, -0.25) is 0 Å². The molecule has 0 saturated carbocycles. The van der Waals surface area contributed by atoms with E-state index in [2.05, 4.69) is 9.97 Å². The van der Waals surface area contributed by atoms with E-state index in [4.69, 9.17) is 9.85 Å². The maximum atomic E-state index is 13.5. The number of nitrogens with zero attached hydrogens (tertiary/aromatic N) is 3. The second-order valence-electron chi connectivity index (χ2n) is 2.30. The molecule has 0 atom stereocenters. The minimum atomic E-state index is -0.962. The molecule has 2 aromatic rings. The second kappa shape index (κ2) is 2.85. The summed E-state index contributed by atoms with van der Waals surface area (Å²) in [5, 5.41) is 0. The van der Waals surface area contributed by atoms with E-state index in [1.54, 1.807) is 0 Å². The highest BCUT2D eigenvalue weighted by Crippen LogP contribution is 2.11. The number of rotatable bonds is 1. The van der Waals surface area contributed by atoms with E-state index in [9.17, 15) is 4.39 Å². The zero-order valence-electron chi connectivity index (χ0n) is 9.45. The first kappa shape index (κ1) is 4.96. The van der Waals surface area contributed by atoms with E-state index in [1.165, 1.54) is 12.5 Å². The van der Waals surface area contributed by atoms with Crippen molar-refractivity contribution >= 4 is 5.82 Å². The predicted octanol–water partition coefficient (Wildman–Crippen LogP) is 0.989. The van der Waals surface area contributed by atoms with Gasteiger partial charge in [-0.1, -0.05) is 0 Å². The Morgan fingerprint density at radius 1 is 1.54 bits per heavy atom. The molecule has 2 aromatic heterocycles. The minimum Gasteiger partial charge on any atom is -0.384 e. The zero-order chi connectivity index (χ0) is 11.9. The SMILES string of the molecule is [2H]c1cn(-c2c(F)nc(N)c([2H])c2[2H])cn1. The van der Waals surface area contributed by atoms with Crippen LogP contribution in [-0.2, 0) is 0 Å². The normalized spacial score (nSPS) is 13.5. The molecule has 0 saturated heterocycles. The van der Waals surface area contributed by atoms with Gasteiger partial charge in [-0.2, -0.15) is 4.39 Å². The molecule has 5 heteroatoms. The highest BCUT2D eigenvalue weighted by molar-refractivity contribution is 5.38. The van der Waals surface area contributed by atoms with Crippen molar-refractivity contribution in [3.05, 3.63) is 36.7 Å². The third kappa shape index (κ3) is 1.35. The molecular weight excluding hydrogens is 171 g/mol. The molecule has 66 valence electrons. The van der Waals surface area contributed by atoms with Crippen molar-refractivity contribution in [3.8, 4) is 5.69 Å². The summed E-state index contributed by atoms with van der Waals surface area (Å²) in [6.07, 6.45) is 2.33. The number of nitrogens with two attached hydrogens (primary N) is 1. The monoisotopic (exact) mass is 181 g/mol. The molecule has 0 aromatic carbocycles. The Kier molecular flexibility index (Phi) is 1.09. The third-order valence-corrected chi connectivity index (χ3v) is 1.43. The number of imidazole rings is 1. The lowest BCUT2D eigenvalue weighted by molar-refractivity contribution is 0.577. The molecule has 2 rings (SSSR count). The van der Waals surface area contributed by atoms with Gasteiger partial charge < -0.3 is 10.3 Å². The van der Waals surface area contributed by atoms with Crippen LogP contribution in [0.1, 0.15) is 4.11 Å². The molecule has 13 heavy (non-hydrogen) atoms. The van der Waals surface area contributed by atoms with Crippen LogP contribution in [-0.4, -0.2) is 14.5 Å². The second-order valence-corrected chi connectivity index (χ2v) is 2.30. The number of aromatic nitrogens is 3. The van der Waals surface area contributed by atoms with Crippen molar-refractivity contribution in [3.63, 3.8) is 0 Å². The summed E-state index contributed by atoms with van der Waals surface area (Å²) >= 11 is 0. The van der Waals surface area contributed by atoms with Gasteiger partial charge in [0.15, 0.2) is 0 Å². The number of hydrogen-bond donors (Lipinski definition) is 1. The van der Waals surface area contributed by atoms with Crippen molar-refractivity contribution in [2.24, 2.45) is 0 Å². The number of anilines is 1. The van der Waals surface area contributed by atoms with Crippen LogP contribution < -0.4 is 5.73 Å². The van der Waals surface area contributed by atoms with Crippen molar-refractivity contribution < 1.29 is 8.50 Å². The van der Waals surface area contributed by atoms with Crippen LogP contribution in [0.25, 0.3) is 5.69 Å². The smallest absolute Gasteiger partial charge is 0.239 e. The lowest BCUT2D eigenvalue weighted by Crippen LogP contribution is -2.00. The first-order valence-electron chi connectivity index (χ1n) is 4.94. The highest BCUT2D eigenvalue weighted by Gasteiger charge is 2.04. The Labute approximate surface area is 78.1 Å². The molecule has 0 unspecified atom stereocenters. The fraction of sp³-hybridized carbons (Fsp3) is 0. The molecule has 2 N–H and O–H groups in total. The number of nitrogen functional groups attached to an aromatic ring is 1. The van der Waals surface area contributed by atoms with Crippen LogP contribution in [0.2, 0.25) is 0 Å². The molecule has 0 radical (unpaired) electrons. The maximum Gasteiger partial charge on any atom is 0.239 e. The molecule has 0 aliphatic carbocycles. The van der Waals surface area contributed by atoms with Gasteiger partial charge in [0.25, 0.3) is 0 Å². The van der Waals surface area contributed by atoms with Crippen LogP contribution in [0.3, 0.4) is 0 Å². The summed E-state index contributed by atoms with van der Waals surface area (Å²) in [5.74, 6) is -1.30. The Balaban J connectivity index is 2.70. The number of hydrogen-bond acceptors (Lipinski definition) is 3. The van der Waals surface area contributed by atoms with Gasteiger partial charge in [0.2, 0.25) is 5.95 Å². The van der Waals surface area contributed by atoms with Gasteiger partial charge >= 0.3 is 0 Å². The molecule has 0 aliphatic heterocycles. The quantitative estimate of drug-likeness (QED) is 0.667. The average Bonchev–Trinajstić information content (AvgIpc) is 2.61. The maximum absolute atomic E-state index is 13.5. The Hall–Kier alpha value is -1.91. The topological polar surface area (TPSA) is 56.7 Å². The molecule has 2 heterocycles. The molecule has 0 spiro atoms. The van der Waals surface area contributed by atoms with Crippen molar-refractivity contribution in [1.29, 1.82) is 0 Å². The first-order valence-corrected chi connectivity index (χ1v) is 3.44. The summed E-state index contributed by atoms with van der Waals surface area (Å²) in [6.45, 7) is 0. The lowest BCUT2D eigenvalue weighted by atomic mass is 10.4. The van der Waals surface area contributed by atoms with Crippen molar-refractivity contribution in [2.45, 2.75) is 0 Å². The summed E-state index contributed by atoms with van der Waals surface area (Å²) < 4.78 is 36.8. The average molecular weight is 181 g/mol. The van der Waals surface area contributed by atoms with Gasteiger partial charge in [-0.05, 0) is 12.1 Å². The fourth-order valence-corrected chi connectivity index (χ4v) is 0.879. The van der Waals surface area contributed by atoms with Crippen LogP contribution in [0.4, 0.5) is 10.2 Å². The summed E-state index contributed by atoms with van der Waals surface area (Å²) in [6, 6.07) is -0.737. The van der Waals surface area contributed by atoms with Gasteiger partial charge in [0, 0.05) is 12.4 Å². The zero-order valence-corrected chi connectivity index (χ0v) is 6.45. The van der Waals surface area contributed by atoms with E-state index in [0.717, 1.165) is 4.57 Å². The number of pyridine rings is 1.